The van der Waals surface area contributed by atoms with Gasteiger partial charge in [0.05, 0.1) is 5.56 Å². The lowest BCUT2D eigenvalue weighted by molar-refractivity contribution is -0.0498. The lowest BCUT2D eigenvalue weighted by Crippen LogP contribution is -2.36. The van der Waals surface area contributed by atoms with E-state index < -0.39 is 34.5 Å². The second-order valence-corrected chi connectivity index (χ2v) is 8.40. The Balaban J connectivity index is 1.74. The Morgan fingerprint density at radius 1 is 1.14 bits per heavy atom. The highest BCUT2D eigenvalue weighted by Crippen LogP contribution is 2.32. The Morgan fingerprint density at radius 2 is 1.79 bits per heavy atom. The molecule has 154 valence electrons. The van der Waals surface area contributed by atoms with Gasteiger partial charge in [0.1, 0.15) is 10.6 Å². The third kappa shape index (κ3) is 4.07. The summed E-state index contributed by atoms with van der Waals surface area (Å²) in [5, 5.41) is 2.62. The van der Waals surface area contributed by atoms with E-state index >= 15 is 0 Å². The number of ether oxygens (including phenoxy) is 1. The van der Waals surface area contributed by atoms with Gasteiger partial charge in [-0.3, -0.25) is 9.59 Å². The summed E-state index contributed by atoms with van der Waals surface area (Å²) in [6, 6.07) is 9.07. The minimum Gasteiger partial charge on any atom is -0.435 e. The van der Waals surface area contributed by atoms with E-state index in [-0.39, 0.29) is 28.3 Å². The molecule has 0 spiro atoms. The number of carbonyl (C=O) groups excluding carboxylic acids is 2. The normalized spacial score (nSPS) is 15.0. The molecule has 3 rings (SSSR count). The number of hydrogen-bond acceptors (Lipinski definition) is 5. The number of nitrogens with one attached hydrogen (secondary N) is 1. The summed E-state index contributed by atoms with van der Waals surface area (Å²) in [4.78, 5) is 24.5. The lowest BCUT2D eigenvalue weighted by Gasteiger charge is -2.18. The predicted octanol–water partition coefficient (Wildman–Crippen LogP) is 2.77. The van der Waals surface area contributed by atoms with E-state index in [1.807, 2.05) is 0 Å². The zero-order valence-corrected chi connectivity index (χ0v) is 16.4. The first-order chi connectivity index (χ1) is 13.6. The maximum absolute atomic E-state index is 12.6. The molecule has 1 aliphatic heterocycles. The van der Waals surface area contributed by atoms with Crippen molar-refractivity contribution in [3.05, 3.63) is 59.2 Å². The van der Waals surface area contributed by atoms with Crippen molar-refractivity contribution in [1.29, 1.82) is 0 Å². The molecule has 1 N–H and O–H groups in total. The van der Waals surface area contributed by atoms with Gasteiger partial charge in [-0.2, -0.15) is 8.78 Å². The molecule has 29 heavy (non-hydrogen) atoms. The number of amides is 2. The van der Waals surface area contributed by atoms with Gasteiger partial charge in [-0.1, -0.05) is 12.1 Å². The van der Waals surface area contributed by atoms with Crippen LogP contribution < -0.4 is 10.1 Å². The maximum Gasteiger partial charge on any atom is 0.387 e. The molecule has 0 saturated heterocycles. The summed E-state index contributed by atoms with van der Waals surface area (Å²) in [5.41, 5.74) is 0.753. The molecule has 0 aliphatic carbocycles. The average Bonchev–Trinajstić information content (AvgIpc) is 2.85. The molecule has 0 radical (unpaired) electrons. The molecular formula is C19H18F2N2O5S. The third-order valence-electron chi connectivity index (χ3n) is 4.28. The Kier molecular flexibility index (Phi) is 5.56. The Labute approximate surface area is 166 Å². The lowest BCUT2D eigenvalue weighted by atomic mass is 10.1. The van der Waals surface area contributed by atoms with Crippen LogP contribution in [-0.4, -0.2) is 37.2 Å². The topological polar surface area (TPSA) is 92.8 Å². The van der Waals surface area contributed by atoms with E-state index in [2.05, 4.69) is 10.1 Å². The Bertz CT molecular complexity index is 1050. The van der Waals surface area contributed by atoms with Gasteiger partial charge >= 0.3 is 6.61 Å². The SMILES string of the molecule is CC(C)N1C(=O)c2ccc(C(=O)NCc3ccc(OC(F)F)cc3)cc2S1(=O)=O. The van der Waals surface area contributed by atoms with Gasteiger partial charge in [0.25, 0.3) is 21.8 Å². The van der Waals surface area contributed by atoms with Crippen molar-refractivity contribution >= 4 is 21.8 Å². The molecule has 1 heterocycles. The monoisotopic (exact) mass is 424 g/mol. The number of alkyl halides is 2. The second kappa shape index (κ2) is 7.78. The second-order valence-electron chi connectivity index (χ2n) is 6.62. The van der Waals surface area contributed by atoms with Crippen LogP contribution in [0.15, 0.2) is 47.4 Å². The number of fused-ring (bicyclic) bond motifs is 1. The fourth-order valence-corrected chi connectivity index (χ4v) is 4.77. The number of hydrogen-bond donors (Lipinski definition) is 1. The first kappa shape index (κ1) is 20.7. The summed E-state index contributed by atoms with van der Waals surface area (Å²) < 4.78 is 54.6. The number of benzene rings is 2. The molecule has 0 saturated carbocycles. The van der Waals surface area contributed by atoms with Crippen LogP contribution in [0.5, 0.6) is 5.75 Å². The Morgan fingerprint density at radius 3 is 2.38 bits per heavy atom. The quantitative estimate of drug-likeness (QED) is 0.770. The van der Waals surface area contributed by atoms with Gasteiger partial charge in [-0.05, 0) is 49.7 Å². The molecule has 0 atom stereocenters. The van der Waals surface area contributed by atoms with Crippen molar-refractivity contribution in [1.82, 2.24) is 9.62 Å². The van der Waals surface area contributed by atoms with Gasteiger partial charge in [0.2, 0.25) is 0 Å². The summed E-state index contributed by atoms with van der Waals surface area (Å²) in [6.45, 7) is 0.350. The molecule has 0 unspecified atom stereocenters. The summed E-state index contributed by atoms with van der Waals surface area (Å²) in [6.07, 6.45) is 0. The first-order valence-corrected chi connectivity index (χ1v) is 10.1. The van der Waals surface area contributed by atoms with E-state index in [1.54, 1.807) is 13.8 Å². The highest BCUT2D eigenvalue weighted by molar-refractivity contribution is 7.90. The van der Waals surface area contributed by atoms with Gasteiger partial charge in [-0.15, -0.1) is 0 Å². The van der Waals surface area contributed by atoms with Crippen molar-refractivity contribution in [3.8, 4) is 5.75 Å². The van der Waals surface area contributed by atoms with Gasteiger partial charge in [-0.25, -0.2) is 12.7 Å². The number of carbonyl (C=O) groups is 2. The minimum absolute atomic E-state index is 0.00159. The molecule has 10 heteroatoms. The highest BCUT2D eigenvalue weighted by atomic mass is 32.2. The van der Waals surface area contributed by atoms with Crippen molar-refractivity contribution < 1.29 is 31.5 Å². The van der Waals surface area contributed by atoms with Crippen LogP contribution in [0.3, 0.4) is 0 Å². The fourth-order valence-electron chi connectivity index (χ4n) is 2.97. The van der Waals surface area contributed by atoms with E-state index in [1.165, 1.54) is 42.5 Å². The number of sulfonamides is 1. The molecule has 0 fully saturated rings. The predicted molar refractivity (Wildman–Crippen MR) is 99.2 cm³/mol. The van der Waals surface area contributed by atoms with Crippen LogP contribution in [0.1, 0.15) is 40.1 Å². The van der Waals surface area contributed by atoms with Gasteiger partial charge < -0.3 is 10.1 Å². The summed E-state index contributed by atoms with van der Waals surface area (Å²) >= 11 is 0. The zero-order valence-electron chi connectivity index (χ0n) is 15.6. The number of halogens is 2. The molecule has 0 aromatic heterocycles. The van der Waals surface area contributed by atoms with Crippen molar-refractivity contribution in [2.24, 2.45) is 0 Å². The Hall–Kier alpha value is -3.01. The van der Waals surface area contributed by atoms with Gasteiger partial charge in [0, 0.05) is 18.2 Å². The largest absolute Gasteiger partial charge is 0.435 e. The minimum atomic E-state index is -4.00. The number of rotatable bonds is 6. The molecule has 2 amide bonds. The van der Waals surface area contributed by atoms with Crippen LogP contribution in [0, 0.1) is 0 Å². The van der Waals surface area contributed by atoms with Crippen molar-refractivity contribution in [2.45, 2.75) is 37.9 Å². The fraction of sp³-hybridized carbons (Fsp3) is 0.263. The smallest absolute Gasteiger partial charge is 0.387 e. The van der Waals surface area contributed by atoms with E-state index in [0.29, 0.717) is 5.56 Å². The summed E-state index contributed by atoms with van der Waals surface area (Å²) in [7, 11) is -4.00. The van der Waals surface area contributed by atoms with Crippen molar-refractivity contribution in [3.63, 3.8) is 0 Å². The molecule has 1 aliphatic rings. The van der Waals surface area contributed by atoms with Crippen LogP contribution in [0.25, 0.3) is 0 Å². The molecule has 2 aromatic carbocycles. The van der Waals surface area contributed by atoms with Crippen LogP contribution >= 0.6 is 0 Å². The molecule has 0 bridgehead atoms. The maximum atomic E-state index is 12.6. The van der Waals surface area contributed by atoms with Crippen LogP contribution in [0.2, 0.25) is 0 Å². The van der Waals surface area contributed by atoms with E-state index in [4.69, 9.17) is 0 Å². The van der Waals surface area contributed by atoms with Crippen LogP contribution in [-0.2, 0) is 16.6 Å². The van der Waals surface area contributed by atoms with E-state index in [0.717, 1.165) is 4.31 Å². The van der Waals surface area contributed by atoms with Crippen molar-refractivity contribution in [2.75, 3.05) is 0 Å². The standard InChI is InChI=1S/C19H18F2N2O5S/c1-11(2)23-18(25)15-8-5-13(9-16(15)29(23,26)27)17(24)22-10-12-3-6-14(7-4-12)28-19(20)21/h3-9,11,19H,10H2,1-2H3,(H,22,24). The average molecular weight is 424 g/mol. The first-order valence-electron chi connectivity index (χ1n) is 8.66. The van der Waals surface area contributed by atoms with Crippen LogP contribution in [0.4, 0.5) is 8.78 Å². The summed E-state index contributed by atoms with van der Waals surface area (Å²) in [5.74, 6) is -1.15. The molecular weight excluding hydrogens is 406 g/mol. The zero-order chi connectivity index (χ0) is 21.3. The molecule has 2 aromatic rings. The highest BCUT2D eigenvalue weighted by Gasteiger charge is 2.42. The van der Waals surface area contributed by atoms with Gasteiger partial charge in [0.15, 0.2) is 0 Å². The molecule has 7 nitrogen and oxygen atoms in total. The number of nitrogens with zero attached hydrogens (tertiary/aromatic N) is 1. The third-order valence-corrected chi connectivity index (χ3v) is 6.28. The van der Waals surface area contributed by atoms with E-state index in [9.17, 15) is 26.8 Å².